The van der Waals surface area contributed by atoms with Gasteiger partial charge in [-0.3, -0.25) is 14.5 Å². The van der Waals surface area contributed by atoms with E-state index in [2.05, 4.69) is 0 Å². The molecular weight excluding hydrogens is 494 g/mol. The summed E-state index contributed by atoms with van der Waals surface area (Å²) in [5, 5.41) is 11.8. The number of carbonyl (C=O) groups excluding carboxylic acids is 3. The molecule has 0 aromatic heterocycles. The fraction of sp³-hybridized carbons (Fsp3) is 0.207. The number of aryl methyl sites for hydroxylation is 2. The summed E-state index contributed by atoms with van der Waals surface area (Å²) >= 11 is 6.36. The molecule has 0 saturated carbocycles. The standard InChI is InChI=1S/C29H26ClNO6/c1-5-37-29(35)19-10-7-11-20(15-19)31-24(18-9-6-8-16(2)12-18)23(26(33)28(31)34)25(32)21-13-17(3)14-22(30)27(21)36-4/h6-15,24,32H,5H2,1-4H3/b25-23+. The van der Waals surface area contributed by atoms with Crippen molar-refractivity contribution in [3.63, 3.8) is 0 Å². The first-order valence-electron chi connectivity index (χ1n) is 11.7. The summed E-state index contributed by atoms with van der Waals surface area (Å²) < 4.78 is 10.5. The van der Waals surface area contributed by atoms with E-state index in [1.807, 2.05) is 25.1 Å². The van der Waals surface area contributed by atoms with Gasteiger partial charge in [-0.1, -0.05) is 47.5 Å². The van der Waals surface area contributed by atoms with Crippen molar-refractivity contribution in [1.82, 2.24) is 0 Å². The van der Waals surface area contributed by atoms with E-state index < -0.39 is 29.5 Å². The number of halogens is 1. The Morgan fingerprint density at radius 2 is 1.76 bits per heavy atom. The number of amides is 1. The molecule has 1 heterocycles. The van der Waals surface area contributed by atoms with Gasteiger partial charge < -0.3 is 14.6 Å². The number of aliphatic hydroxyl groups is 1. The predicted molar refractivity (Wildman–Crippen MR) is 141 cm³/mol. The average Bonchev–Trinajstić information content (AvgIpc) is 3.13. The Morgan fingerprint density at radius 3 is 2.43 bits per heavy atom. The predicted octanol–water partition coefficient (Wildman–Crippen LogP) is 5.77. The van der Waals surface area contributed by atoms with Crippen molar-refractivity contribution in [1.29, 1.82) is 0 Å². The van der Waals surface area contributed by atoms with Crippen LogP contribution in [0.2, 0.25) is 5.02 Å². The van der Waals surface area contributed by atoms with Gasteiger partial charge in [0.2, 0.25) is 0 Å². The third-order valence-corrected chi connectivity index (χ3v) is 6.37. The van der Waals surface area contributed by atoms with E-state index in [4.69, 9.17) is 21.1 Å². The van der Waals surface area contributed by atoms with Gasteiger partial charge in [0.15, 0.2) is 0 Å². The molecule has 190 valence electrons. The van der Waals surface area contributed by atoms with Crippen LogP contribution < -0.4 is 9.64 Å². The van der Waals surface area contributed by atoms with Crippen LogP contribution in [0.15, 0.2) is 66.2 Å². The maximum absolute atomic E-state index is 13.5. The molecule has 4 rings (SSSR count). The lowest BCUT2D eigenvalue weighted by Gasteiger charge is -2.26. The average molecular weight is 520 g/mol. The van der Waals surface area contributed by atoms with Crippen LogP contribution in [0.1, 0.15) is 45.6 Å². The molecule has 0 aliphatic carbocycles. The van der Waals surface area contributed by atoms with Crippen LogP contribution in [-0.4, -0.2) is 36.5 Å². The number of aliphatic hydroxyl groups excluding tert-OH is 1. The first-order valence-corrected chi connectivity index (χ1v) is 12.0. The highest BCUT2D eigenvalue weighted by Gasteiger charge is 2.47. The summed E-state index contributed by atoms with van der Waals surface area (Å²) in [6, 6.07) is 16.0. The molecule has 0 radical (unpaired) electrons. The van der Waals surface area contributed by atoms with E-state index in [0.29, 0.717) is 11.3 Å². The minimum atomic E-state index is -0.971. The molecule has 3 aromatic rings. The number of ketones is 1. The van der Waals surface area contributed by atoms with Crippen molar-refractivity contribution in [2.75, 3.05) is 18.6 Å². The fourth-order valence-electron chi connectivity index (χ4n) is 4.51. The fourth-order valence-corrected chi connectivity index (χ4v) is 4.86. The summed E-state index contributed by atoms with van der Waals surface area (Å²) in [7, 11) is 1.41. The number of anilines is 1. The molecule has 1 unspecified atom stereocenters. The van der Waals surface area contributed by atoms with Crippen molar-refractivity contribution in [2.24, 2.45) is 0 Å². The third-order valence-electron chi connectivity index (χ3n) is 6.08. The monoisotopic (exact) mass is 519 g/mol. The maximum Gasteiger partial charge on any atom is 0.338 e. The number of hydrogen-bond acceptors (Lipinski definition) is 6. The second-order valence-corrected chi connectivity index (χ2v) is 9.09. The molecular formula is C29H26ClNO6. The zero-order valence-corrected chi connectivity index (χ0v) is 21.6. The topological polar surface area (TPSA) is 93.1 Å². The van der Waals surface area contributed by atoms with Gasteiger partial charge in [-0.05, 0) is 62.2 Å². The minimum Gasteiger partial charge on any atom is -0.507 e. The second kappa shape index (κ2) is 10.5. The van der Waals surface area contributed by atoms with Gasteiger partial charge in [-0.15, -0.1) is 0 Å². The van der Waals surface area contributed by atoms with E-state index in [0.717, 1.165) is 11.1 Å². The van der Waals surface area contributed by atoms with Crippen LogP contribution in [0.25, 0.3) is 5.76 Å². The Morgan fingerprint density at radius 1 is 1.03 bits per heavy atom. The first-order chi connectivity index (χ1) is 17.7. The summed E-state index contributed by atoms with van der Waals surface area (Å²) in [5.41, 5.74) is 2.87. The molecule has 1 atom stereocenters. The van der Waals surface area contributed by atoms with Gasteiger partial charge in [0.05, 0.1) is 41.5 Å². The molecule has 1 aliphatic rings. The summed E-state index contributed by atoms with van der Waals surface area (Å²) in [6.07, 6.45) is 0. The number of esters is 1. The van der Waals surface area contributed by atoms with E-state index >= 15 is 0 Å². The molecule has 0 spiro atoms. The Labute approximate surface area is 219 Å². The van der Waals surface area contributed by atoms with Crippen LogP contribution in [0.4, 0.5) is 5.69 Å². The van der Waals surface area contributed by atoms with Crippen molar-refractivity contribution < 1.29 is 29.0 Å². The maximum atomic E-state index is 13.5. The van der Waals surface area contributed by atoms with Crippen LogP contribution >= 0.6 is 11.6 Å². The Bertz CT molecular complexity index is 1440. The zero-order valence-electron chi connectivity index (χ0n) is 20.9. The number of carbonyl (C=O) groups is 3. The summed E-state index contributed by atoms with van der Waals surface area (Å²) in [4.78, 5) is 40.6. The highest BCUT2D eigenvalue weighted by Crippen LogP contribution is 2.44. The number of hydrogen-bond donors (Lipinski definition) is 1. The van der Waals surface area contributed by atoms with E-state index in [1.54, 1.807) is 50.2 Å². The lowest BCUT2D eigenvalue weighted by atomic mass is 9.93. The number of benzene rings is 3. The SMILES string of the molecule is CCOC(=O)c1cccc(N2C(=O)C(=O)/C(=C(/O)c3cc(C)cc(Cl)c3OC)C2c2cccc(C)c2)c1. The molecule has 1 fully saturated rings. The van der Waals surface area contributed by atoms with Gasteiger partial charge in [-0.25, -0.2) is 4.79 Å². The number of nitrogens with zero attached hydrogens (tertiary/aromatic N) is 1. The lowest BCUT2D eigenvalue weighted by Crippen LogP contribution is -2.29. The first kappa shape index (κ1) is 26.0. The summed E-state index contributed by atoms with van der Waals surface area (Å²) in [6.45, 7) is 5.57. The van der Waals surface area contributed by atoms with E-state index in [9.17, 15) is 19.5 Å². The van der Waals surface area contributed by atoms with Crippen LogP contribution in [0.3, 0.4) is 0 Å². The lowest BCUT2D eigenvalue weighted by molar-refractivity contribution is -0.132. The van der Waals surface area contributed by atoms with Crippen molar-refractivity contribution >= 4 is 40.7 Å². The molecule has 37 heavy (non-hydrogen) atoms. The normalized spacial score (nSPS) is 16.7. The van der Waals surface area contributed by atoms with Crippen molar-refractivity contribution in [2.45, 2.75) is 26.8 Å². The largest absolute Gasteiger partial charge is 0.507 e. The van der Waals surface area contributed by atoms with Crippen molar-refractivity contribution in [3.05, 3.63) is 99.1 Å². The molecule has 0 bridgehead atoms. The number of ether oxygens (including phenoxy) is 2. The number of Topliss-reactive ketones (excluding diaryl/α,β-unsaturated/α-hetero) is 1. The van der Waals surface area contributed by atoms with Crippen molar-refractivity contribution in [3.8, 4) is 5.75 Å². The van der Waals surface area contributed by atoms with Crippen LogP contribution in [0, 0.1) is 13.8 Å². The quantitative estimate of drug-likeness (QED) is 0.192. The van der Waals surface area contributed by atoms with Gasteiger partial charge in [-0.2, -0.15) is 0 Å². The van der Waals surface area contributed by atoms with Gasteiger partial charge in [0, 0.05) is 5.69 Å². The van der Waals surface area contributed by atoms with Gasteiger partial charge >= 0.3 is 5.97 Å². The number of methoxy groups -OCH3 is 1. The number of rotatable bonds is 6. The highest BCUT2D eigenvalue weighted by molar-refractivity contribution is 6.51. The zero-order chi connectivity index (χ0) is 26.9. The van der Waals surface area contributed by atoms with Crippen LogP contribution in [-0.2, 0) is 14.3 Å². The highest BCUT2D eigenvalue weighted by atomic mass is 35.5. The van der Waals surface area contributed by atoms with E-state index in [-0.39, 0.29) is 34.1 Å². The molecule has 1 saturated heterocycles. The third kappa shape index (κ3) is 4.82. The van der Waals surface area contributed by atoms with Gasteiger partial charge in [0.1, 0.15) is 11.5 Å². The minimum absolute atomic E-state index is 0.114. The molecule has 3 aromatic carbocycles. The molecule has 8 heteroatoms. The Hall–Kier alpha value is -4.10. The smallest absolute Gasteiger partial charge is 0.338 e. The van der Waals surface area contributed by atoms with Gasteiger partial charge in [0.25, 0.3) is 11.7 Å². The molecule has 7 nitrogen and oxygen atoms in total. The molecule has 1 N–H and O–H groups in total. The Balaban J connectivity index is 1.98. The summed E-state index contributed by atoms with van der Waals surface area (Å²) in [5.74, 6) is -2.48. The van der Waals surface area contributed by atoms with Crippen LogP contribution in [0.5, 0.6) is 5.75 Å². The second-order valence-electron chi connectivity index (χ2n) is 8.68. The van der Waals surface area contributed by atoms with E-state index in [1.165, 1.54) is 18.1 Å². The molecule has 1 amide bonds. The Kier molecular flexibility index (Phi) is 7.36. The molecule has 1 aliphatic heterocycles.